The Balaban J connectivity index is 2.21. The zero-order chi connectivity index (χ0) is 15.9. The van der Waals surface area contributed by atoms with Crippen molar-refractivity contribution in [3.05, 3.63) is 52.4 Å². The average Bonchev–Trinajstić information content (AvgIpc) is 3.01. The lowest BCUT2D eigenvalue weighted by molar-refractivity contribution is 0.0235. The molecule has 5 nitrogen and oxygen atoms in total. The third-order valence-electron chi connectivity index (χ3n) is 4.00. The van der Waals surface area contributed by atoms with Crippen molar-refractivity contribution in [1.29, 1.82) is 0 Å². The van der Waals surface area contributed by atoms with Gasteiger partial charge in [0.1, 0.15) is 5.69 Å². The van der Waals surface area contributed by atoms with E-state index in [4.69, 9.17) is 11.6 Å². The van der Waals surface area contributed by atoms with Crippen LogP contribution in [-0.2, 0) is 5.60 Å². The number of halogens is 1. The van der Waals surface area contributed by atoms with Crippen LogP contribution >= 0.6 is 11.6 Å². The van der Waals surface area contributed by atoms with Gasteiger partial charge in [-0.05, 0) is 36.6 Å². The monoisotopic (exact) mass is 316 g/mol. The molecular formula is C16H17ClN4O. The van der Waals surface area contributed by atoms with E-state index in [1.54, 1.807) is 0 Å². The Bertz CT molecular complexity index is 816. The number of benzene rings is 1. The molecule has 0 spiro atoms. The lowest BCUT2D eigenvalue weighted by Gasteiger charge is -2.29. The molecule has 0 bridgehead atoms. The van der Waals surface area contributed by atoms with Crippen LogP contribution in [0, 0.1) is 12.8 Å². The number of pyridine rings is 1. The van der Waals surface area contributed by atoms with Crippen LogP contribution in [-0.4, -0.2) is 25.5 Å². The highest BCUT2D eigenvalue weighted by Crippen LogP contribution is 2.35. The third kappa shape index (κ3) is 2.26. The molecule has 0 aliphatic rings. The maximum absolute atomic E-state index is 11.2. The molecule has 0 saturated carbocycles. The number of hydrogen-bond donors (Lipinski definition) is 2. The van der Waals surface area contributed by atoms with Gasteiger partial charge >= 0.3 is 0 Å². The number of hydrogen-bond acceptors (Lipinski definition) is 4. The topological polar surface area (TPSA) is 74.7 Å². The van der Waals surface area contributed by atoms with Gasteiger partial charge < -0.3 is 5.11 Å². The second kappa shape index (κ2) is 5.34. The van der Waals surface area contributed by atoms with Crippen LogP contribution in [0.4, 0.5) is 0 Å². The van der Waals surface area contributed by atoms with E-state index in [2.05, 4.69) is 20.4 Å². The van der Waals surface area contributed by atoms with Gasteiger partial charge in [-0.3, -0.25) is 0 Å². The molecule has 6 heteroatoms. The lowest BCUT2D eigenvalue weighted by atomic mass is 9.84. The summed E-state index contributed by atoms with van der Waals surface area (Å²) in [5.74, 6) is -0.122. The molecule has 0 saturated heterocycles. The van der Waals surface area contributed by atoms with E-state index < -0.39 is 5.60 Å². The van der Waals surface area contributed by atoms with Gasteiger partial charge in [0, 0.05) is 10.4 Å². The van der Waals surface area contributed by atoms with Crippen molar-refractivity contribution in [3.63, 3.8) is 0 Å². The van der Waals surface area contributed by atoms with E-state index in [1.807, 2.05) is 45.0 Å². The van der Waals surface area contributed by atoms with Gasteiger partial charge in [-0.15, -0.1) is 0 Å². The summed E-state index contributed by atoms with van der Waals surface area (Å²) >= 11 is 6.19. The van der Waals surface area contributed by atoms with Crippen LogP contribution < -0.4 is 0 Å². The number of aliphatic hydroxyl groups is 1. The Morgan fingerprint density at radius 1 is 1.23 bits per heavy atom. The molecule has 0 fully saturated rings. The fourth-order valence-corrected chi connectivity index (χ4v) is 2.74. The van der Waals surface area contributed by atoms with Crippen molar-refractivity contribution < 1.29 is 5.11 Å². The summed E-state index contributed by atoms with van der Waals surface area (Å²) in [4.78, 5) is 4.61. The zero-order valence-corrected chi connectivity index (χ0v) is 13.4. The number of aromatic nitrogens is 4. The summed E-state index contributed by atoms with van der Waals surface area (Å²) in [5, 5.41) is 23.2. The molecule has 1 aromatic carbocycles. The minimum absolute atomic E-state index is 0.122. The normalized spacial score (nSPS) is 14.5. The minimum Gasteiger partial charge on any atom is -0.377 e. The molecule has 2 N–H and O–H groups in total. The molecule has 1 atom stereocenters. The number of aromatic amines is 1. The molecule has 3 aromatic rings. The van der Waals surface area contributed by atoms with Gasteiger partial charge in [0.05, 0.1) is 17.4 Å². The van der Waals surface area contributed by atoms with Crippen LogP contribution in [0.15, 0.2) is 30.5 Å². The van der Waals surface area contributed by atoms with E-state index in [-0.39, 0.29) is 5.92 Å². The van der Waals surface area contributed by atoms with Crippen molar-refractivity contribution in [2.45, 2.75) is 26.4 Å². The smallest absolute Gasteiger partial charge is 0.154 e. The molecule has 0 radical (unpaired) electrons. The van der Waals surface area contributed by atoms with Crippen molar-refractivity contribution in [1.82, 2.24) is 20.4 Å². The molecule has 22 heavy (non-hydrogen) atoms. The summed E-state index contributed by atoms with van der Waals surface area (Å²) in [7, 11) is 0. The number of H-pyrrole nitrogens is 1. The van der Waals surface area contributed by atoms with Crippen molar-refractivity contribution >= 4 is 22.5 Å². The number of rotatable bonds is 3. The van der Waals surface area contributed by atoms with E-state index in [1.165, 1.54) is 6.20 Å². The Morgan fingerprint density at radius 2 is 2.00 bits per heavy atom. The van der Waals surface area contributed by atoms with Crippen LogP contribution in [0.3, 0.4) is 0 Å². The lowest BCUT2D eigenvalue weighted by Crippen LogP contribution is -2.35. The molecule has 2 heterocycles. The van der Waals surface area contributed by atoms with Crippen LogP contribution in [0.1, 0.15) is 30.8 Å². The number of aryl methyl sites for hydroxylation is 1. The van der Waals surface area contributed by atoms with E-state index >= 15 is 0 Å². The first-order valence-electron chi connectivity index (χ1n) is 7.09. The Labute approximate surface area is 133 Å². The Hall–Kier alpha value is -1.98. The van der Waals surface area contributed by atoms with E-state index in [0.29, 0.717) is 16.4 Å². The Morgan fingerprint density at radius 3 is 2.64 bits per heavy atom. The molecule has 1 unspecified atom stereocenters. The van der Waals surface area contributed by atoms with Crippen molar-refractivity contribution in [2.75, 3.05) is 0 Å². The Kier molecular flexibility index (Phi) is 3.62. The minimum atomic E-state index is -1.31. The molecule has 0 aliphatic carbocycles. The highest BCUT2D eigenvalue weighted by Gasteiger charge is 2.39. The average molecular weight is 317 g/mol. The van der Waals surface area contributed by atoms with Gasteiger partial charge in [-0.2, -0.15) is 15.4 Å². The quantitative estimate of drug-likeness (QED) is 0.778. The van der Waals surface area contributed by atoms with E-state index in [0.717, 1.165) is 16.5 Å². The van der Waals surface area contributed by atoms with Gasteiger partial charge in [-0.25, -0.2) is 4.98 Å². The molecule has 3 rings (SSSR count). The fourth-order valence-electron chi connectivity index (χ4n) is 2.58. The molecular weight excluding hydrogens is 300 g/mol. The zero-order valence-electron chi connectivity index (χ0n) is 12.6. The SMILES string of the molecule is Cc1cc2ccc(C(O)(c3cn[nH]n3)C(C)C)nc2cc1Cl. The summed E-state index contributed by atoms with van der Waals surface area (Å²) in [5.41, 5.74) is 1.42. The third-order valence-corrected chi connectivity index (χ3v) is 4.41. The van der Waals surface area contributed by atoms with Crippen LogP contribution in [0.2, 0.25) is 5.02 Å². The first-order valence-corrected chi connectivity index (χ1v) is 7.46. The highest BCUT2D eigenvalue weighted by molar-refractivity contribution is 6.32. The van der Waals surface area contributed by atoms with Gasteiger partial charge in [0.2, 0.25) is 0 Å². The molecule has 0 amide bonds. The highest BCUT2D eigenvalue weighted by atomic mass is 35.5. The number of nitrogens with zero attached hydrogens (tertiary/aromatic N) is 3. The number of fused-ring (bicyclic) bond motifs is 1. The van der Waals surface area contributed by atoms with Crippen LogP contribution in [0.5, 0.6) is 0 Å². The molecule has 0 aliphatic heterocycles. The second-order valence-corrected chi connectivity index (χ2v) is 6.17. The van der Waals surface area contributed by atoms with Gasteiger partial charge in [0.15, 0.2) is 5.60 Å². The van der Waals surface area contributed by atoms with Crippen molar-refractivity contribution in [3.8, 4) is 0 Å². The summed E-state index contributed by atoms with van der Waals surface area (Å²) in [6.07, 6.45) is 1.52. The first-order chi connectivity index (χ1) is 10.4. The second-order valence-electron chi connectivity index (χ2n) is 5.77. The largest absolute Gasteiger partial charge is 0.377 e. The first kappa shape index (κ1) is 14.9. The number of nitrogens with one attached hydrogen (secondary N) is 1. The standard InChI is InChI=1S/C16H17ClN4O/c1-9(2)16(22,15-8-18-21-20-15)14-5-4-11-6-10(3)12(17)7-13(11)19-14/h4-9,22H,1-3H3,(H,18,20,21). The van der Waals surface area contributed by atoms with E-state index in [9.17, 15) is 5.11 Å². The van der Waals surface area contributed by atoms with Crippen LogP contribution in [0.25, 0.3) is 10.9 Å². The summed E-state index contributed by atoms with van der Waals surface area (Å²) in [6.45, 7) is 5.79. The van der Waals surface area contributed by atoms with Crippen molar-refractivity contribution in [2.24, 2.45) is 5.92 Å². The maximum atomic E-state index is 11.2. The predicted octanol–water partition coefficient (Wildman–Crippen LogP) is 3.21. The maximum Gasteiger partial charge on any atom is 0.154 e. The summed E-state index contributed by atoms with van der Waals surface area (Å²) in [6, 6.07) is 7.57. The molecule has 2 aromatic heterocycles. The fraction of sp³-hybridized carbons (Fsp3) is 0.312. The van der Waals surface area contributed by atoms with Gasteiger partial charge in [-0.1, -0.05) is 31.5 Å². The molecule has 114 valence electrons. The summed E-state index contributed by atoms with van der Waals surface area (Å²) < 4.78 is 0. The van der Waals surface area contributed by atoms with Gasteiger partial charge in [0.25, 0.3) is 0 Å². The predicted molar refractivity (Wildman–Crippen MR) is 85.7 cm³/mol.